The highest BCUT2D eigenvalue weighted by molar-refractivity contribution is 5.49. The number of nitro groups is 1. The van der Waals surface area contributed by atoms with E-state index in [1.165, 1.54) is 0 Å². The molecule has 0 radical (unpaired) electrons. The lowest BCUT2D eigenvalue weighted by Crippen LogP contribution is -2.32. The quantitative estimate of drug-likeness (QED) is 0.554. The molecular formula is C16H26N2O3. The van der Waals surface area contributed by atoms with E-state index < -0.39 is 4.92 Å². The molecule has 0 amide bonds. The Bertz CT molecular complexity index is 463. The monoisotopic (exact) mass is 294 g/mol. The fraction of sp³-hybridized carbons (Fsp3) is 0.625. The first-order valence-corrected chi connectivity index (χ1v) is 7.69. The Morgan fingerprint density at radius 2 is 2.05 bits per heavy atom. The lowest BCUT2D eigenvalue weighted by Gasteiger charge is -2.24. The van der Waals surface area contributed by atoms with Crippen LogP contribution in [0.4, 0.5) is 5.69 Å². The second-order valence-electron chi connectivity index (χ2n) is 5.17. The van der Waals surface area contributed by atoms with Gasteiger partial charge in [0, 0.05) is 12.1 Å². The second kappa shape index (κ2) is 8.62. The van der Waals surface area contributed by atoms with Crippen molar-refractivity contribution >= 4 is 5.69 Å². The van der Waals surface area contributed by atoms with Crippen LogP contribution >= 0.6 is 0 Å². The SMILES string of the molecule is CCCNC(C)C(CC)c1ccc([N+](=O)[O-])c(OCC)c1. The van der Waals surface area contributed by atoms with Crippen LogP contribution in [0, 0.1) is 10.1 Å². The summed E-state index contributed by atoms with van der Waals surface area (Å²) >= 11 is 0. The molecule has 2 unspecified atom stereocenters. The highest BCUT2D eigenvalue weighted by atomic mass is 16.6. The zero-order valence-electron chi connectivity index (χ0n) is 13.4. The smallest absolute Gasteiger partial charge is 0.310 e. The van der Waals surface area contributed by atoms with Crippen molar-refractivity contribution in [3.8, 4) is 5.75 Å². The molecule has 1 aromatic rings. The molecule has 0 aromatic heterocycles. The molecule has 0 saturated heterocycles. The van der Waals surface area contributed by atoms with E-state index in [0.717, 1.165) is 24.9 Å². The lowest BCUT2D eigenvalue weighted by molar-refractivity contribution is -0.385. The summed E-state index contributed by atoms with van der Waals surface area (Å²) in [4.78, 5) is 10.6. The number of hydrogen-bond acceptors (Lipinski definition) is 4. The highest BCUT2D eigenvalue weighted by Crippen LogP contribution is 2.33. The van der Waals surface area contributed by atoms with Crippen LogP contribution in [0.1, 0.15) is 52.0 Å². The van der Waals surface area contributed by atoms with Crippen molar-refractivity contribution < 1.29 is 9.66 Å². The van der Waals surface area contributed by atoms with Crippen LogP contribution in [0.3, 0.4) is 0 Å². The molecule has 21 heavy (non-hydrogen) atoms. The lowest BCUT2D eigenvalue weighted by atomic mass is 9.89. The molecule has 1 rings (SSSR count). The highest BCUT2D eigenvalue weighted by Gasteiger charge is 2.21. The van der Waals surface area contributed by atoms with Crippen molar-refractivity contribution in [3.63, 3.8) is 0 Å². The normalized spacial score (nSPS) is 13.7. The molecule has 0 saturated carbocycles. The van der Waals surface area contributed by atoms with Gasteiger partial charge < -0.3 is 10.1 Å². The Labute approximate surface area is 126 Å². The Morgan fingerprint density at radius 3 is 2.57 bits per heavy atom. The van der Waals surface area contributed by atoms with Gasteiger partial charge in [-0.05, 0) is 50.8 Å². The summed E-state index contributed by atoms with van der Waals surface area (Å²) in [6, 6.07) is 5.54. The third-order valence-corrected chi connectivity index (χ3v) is 3.67. The standard InChI is InChI=1S/C16H26N2O3/c1-5-10-17-12(4)14(6-2)13-8-9-15(18(19)20)16(11-13)21-7-3/h8-9,11-12,14,17H,5-7,10H2,1-4H3. The van der Waals surface area contributed by atoms with Crippen molar-refractivity contribution in [1.29, 1.82) is 0 Å². The predicted molar refractivity (Wildman–Crippen MR) is 85.1 cm³/mol. The molecule has 0 fully saturated rings. The van der Waals surface area contributed by atoms with E-state index in [-0.39, 0.29) is 5.69 Å². The van der Waals surface area contributed by atoms with Gasteiger partial charge in [0.05, 0.1) is 11.5 Å². The van der Waals surface area contributed by atoms with Gasteiger partial charge >= 0.3 is 5.69 Å². The Balaban J connectivity index is 3.04. The first-order chi connectivity index (χ1) is 10.0. The number of rotatable bonds is 9. The number of nitrogens with one attached hydrogen (secondary N) is 1. The van der Waals surface area contributed by atoms with E-state index in [2.05, 4.69) is 26.1 Å². The third-order valence-electron chi connectivity index (χ3n) is 3.67. The number of hydrogen-bond donors (Lipinski definition) is 1. The topological polar surface area (TPSA) is 64.4 Å². The van der Waals surface area contributed by atoms with Gasteiger partial charge in [0.25, 0.3) is 0 Å². The number of ether oxygens (including phenoxy) is 1. The summed E-state index contributed by atoms with van der Waals surface area (Å²) in [6.07, 6.45) is 2.06. The Morgan fingerprint density at radius 1 is 1.33 bits per heavy atom. The van der Waals surface area contributed by atoms with Crippen LogP contribution in [-0.4, -0.2) is 24.1 Å². The van der Waals surface area contributed by atoms with E-state index in [1.54, 1.807) is 6.07 Å². The molecule has 1 aromatic carbocycles. The average Bonchev–Trinajstić information content (AvgIpc) is 2.46. The molecule has 0 heterocycles. The minimum absolute atomic E-state index is 0.0321. The van der Waals surface area contributed by atoms with Gasteiger partial charge in [-0.3, -0.25) is 10.1 Å². The Hall–Kier alpha value is -1.62. The van der Waals surface area contributed by atoms with Gasteiger partial charge in [0.15, 0.2) is 5.75 Å². The molecule has 2 atom stereocenters. The van der Waals surface area contributed by atoms with E-state index in [4.69, 9.17) is 4.74 Å². The van der Waals surface area contributed by atoms with Gasteiger partial charge in [-0.2, -0.15) is 0 Å². The maximum Gasteiger partial charge on any atom is 0.310 e. The van der Waals surface area contributed by atoms with Crippen LogP contribution in [0.25, 0.3) is 0 Å². The molecule has 0 aliphatic rings. The summed E-state index contributed by atoms with van der Waals surface area (Å²) in [5.74, 6) is 0.678. The molecule has 1 N–H and O–H groups in total. The largest absolute Gasteiger partial charge is 0.487 e. The molecule has 118 valence electrons. The maximum absolute atomic E-state index is 11.0. The third kappa shape index (κ3) is 4.70. The van der Waals surface area contributed by atoms with Gasteiger partial charge in [0.2, 0.25) is 0 Å². The molecule has 0 spiro atoms. The van der Waals surface area contributed by atoms with Gasteiger partial charge in [-0.15, -0.1) is 0 Å². The average molecular weight is 294 g/mol. The Kier molecular flexibility index (Phi) is 7.15. The van der Waals surface area contributed by atoms with Crippen LogP contribution in [0.2, 0.25) is 0 Å². The summed E-state index contributed by atoms with van der Waals surface area (Å²) in [7, 11) is 0. The molecule has 0 aliphatic carbocycles. The van der Waals surface area contributed by atoms with Gasteiger partial charge in [-0.1, -0.05) is 19.9 Å². The van der Waals surface area contributed by atoms with E-state index in [0.29, 0.717) is 24.3 Å². The summed E-state index contributed by atoms with van der Waals surface area (Å²) in [5.41, 5.74) is 1.12. The van der Waals surface area contributed by atoms with Crippen molar-refractivity contribution in [2.75, 3.05) is 13.2 Å². The molecule has 5 heteroatoms. The number of nitro benzene ring substituents is 1. The van der Waals surface area contributed by atoms with Crippen molar-refractivity contribution in [3.05, 3.63) is 33.9 Å². The maximum atomic E-state index is 11.0. The minimum Gasteiger partial charge on any atom is -0.487 e. The second-order valence-corrected chi connectivity index (χ2v) is 5.17. The fourth-order valence-corrected chi connectivity index (χ4v) is 2.58. The first kappa shape index (κ1) is 17.4. The van der Waals surface area contributed by atoms with Gasteiger partial charge in [0.1, 0.15) is 0 Å². The minimum atomic E-state index is -0.394. The molecule has 5 nitrogen and oxygen atoms in total. The number of benzene rings is 1. The van der Waals surface area contributed by atoms with Crippen molar-refractivity contribution in [2.45, 2.75) is 52.5 Å². The van der Waals surface area contributed by atoms with Crippen molar-refractivity contribution in [1.82, 2.24) is 5.32 Å². The van der Waals surface area contributed by atoms with Crippen LogP contribution < -0.4 is 10.1 Å². The van der Waals surface area contributed by atoms with E-state index in [1.807, 2.05) is 19.1 Å². The van der Waals surface area contributed by atoms with E-state index >= 15 is 0 Å². The zero-order chi connectivity index (χ0) is 15.8. The molecular weight excluding hydrogens is 268 g/mol. The first-order valence-electron chi connectivity index (χ1n) is 7.69. The molecule has 0 aliphatic heterocycles. The van der Waals surface area contributed by atoms with E-state index in [9.17, 15) is 10.1 Å². The van der Waals surface area contributed by atoms with Crippen molar-refractivity contribution in [2.24, 2.45) is 0 Å². The fourth-order valence-electron chi connectivity index (χ4n) is 2.58. The summed E-state index contributed by atoms with van der Waals surface area (Å²) in [5, 5.41) is 14.5. The molecule has 0 bridgehead atoms. The number of nitrogens with zero attached hydrogens (tertiary/aromatic N) is 1. The zero-order valence-corrected chi connectivity index (χ0v) is 13.4. The summed E-state index contributed by atoms with van der Waals surface area (Å²) in [6.45, 7) is 9.66. The summed E-state index contributed by atoms with van der Waals surface area (Å²) < 4.78 is 5.43. The van der Waals surface area contributed by atoms with Crippen LogP contribution in [0.5, 0.6) is 5.75 Å². The van der Waals surface area contributed by atoms with Crippen LogP contribution in [0.15, 0.2) is 18.2 Å². The predicted octanol–water partition coefficient (Wildman–Crippen LogP) is 3.88. The van der Waals surface area contributed by atoms with Crippen LogP contribution in [-0.2, 0) is 0 Å². The van der Waals surface area contributed by atoms with Gasteiger partial charge in [-0.25, -0.2) is 0 Å².